The van der Waals surface area contributed by atoms with Crippen LogP contribution in [0.3, 0.4) is 0 Å². The Kier molecular flexibility index (Phi) is 6.44. The van der Waals surface area contributed by atoms with Gasteiger partial charge in [0.2, 0.25) is 0 Å². The number of amides is 3. The first kappa shape index (κ1) is 22.1. The van der Waals surface area contributed by atoms with Crippen LogP contribution in [0.4, 0.5) is 4.79 Å². The van der Waals surface area contributed by atoms with Crippen molar-refractivity contribution in [2.24, 2.45) is 0 Å². The van der Waals surface area contributed by atoms with Gasteiger partial charge in [0.25, 0.3) is 5.91 Å². The quantitative estimate of drug-likeness (QED) is 0.398. The fourth-order valence-corrected chi connectivity index (χ4v) is 3.27. The van der Waals surface area contributed by atoms with E-state index in [0.717, 1.165) is 11.1 Å². The van der Waals surface area contributed by atoms with Crippen molar-refractivity contribution in [2.45, 2.75) is 32.9 Å². The first-order valence-electron chi connectivity index (χ1n) is 10.0. The molecular formula is C24H26N2O5. The summed E-state index contributed by atoms with van der Waals surface area (Å²) in [5.74, 6) is -0.0967. The minimum absolute atomic E-state index is 0.100. The van der Waals surface area contributed by atoms with Gasteiger partial charge in [-0.25, -0.2) is 9.59 Å². The lowest BCUT2D eigenvalue weighted by Crippen LogP contribution is -2.40. The molecule has 1 atom stereocenters. The van der Waals surface area contributed by atoms with Crippen molar-refractivity contribution in [3.8, 4) is 5.75 Å². The second kappa shape index (κ2) is 9.04. The number of esters is 1. The largest absolute Gasteiger partial charge is 0.489 e. The number of nitrogens with one attached hydrogen (secondary N) is 1. The molecule has 162 valence electrons. The van der Waals surface area contributed by atoms with Gasteiger partial charge in [-0.3, -0.25) is 9.69 Å². The van der Waals surface area contributed by atoms with Crippen LogP contribution in [0.25, 0.3) is 0 Å². The zero-order valence-electron chi connectivity index (χ0n) is 17.9. The lowest BCUT2D eigenvalue weighted by Gasteiger charge is -2.22. The normalized spacial score (nSPS) is 18.0. The van der Waals surface area contributed by atoms with Crippen LogP contribution in [-0.4, -0.2) is 36.0 Å². The smallest absolute Gasteiger partial charge is 0.338 e. The van der Waals surface area contributed by atoms with Gasteiger partial charge in [-0.1, -0.05) is 30.8 Å². The Morgan fingerprint density at radius 2 is 1.74 bits per heavy atom. The molecule has 3 amide bonds. The SMILES string of the molecule is C=C(C)COc1ccc(C2(C)NC(=O)N(Cc3ccc(C(=O)OCC)cc3)C2=O)cc1. The van der Waals surface area contributed by atoms with E-state index in [9.17, 15) is 14.4 Å². The molecule has 31 heavy (non-hydrogen) atoms. The predicted molar refractivity (Wildman–Crippen MR) is 116 cm³/mol. The number of rotatable bonds is 8. The molecule has 0 aromatic heterocycles. The molecule has 1 heterocycles. The molecule has 0 radical (unpaired) electrons. The Morgan fingerprint density at radius 3 is 2.32 bits per heavy atom. The van der Waals surface area contributed by atoms with E-state index in [1.807, 2.05) is 6.92 Å². The van der Waals surface area contributed by atoms with Gasteiger partial charge in [0.05, 0.1) is 18.7 Å². The Bertz CT molecular complexity index is 998. The van der Waals surface area contributed by atoms with Crippen LogP contribution in [0.1, 0.15) is 42.3 Å². The summed E-state index contributed by atoms with van der Waals surface area (Å²) in [4.78, 5) is 38.6. The van der Waals surface area contributed by atoms with Crippen molar-refractivity contribution in [2.75, 3.05) is 13.2 Å². The number of hydrogen-bond donors (Lipinski definition) is 1. The van der Waals surface area contributed by atoms with Crippen molar-refractivity contribution in [3.05, 3.63) is 77.4 Å². The molecule has 3 rings (SSSR count). The van der Waals surface area contributed by atoms with Crippen LogP contribution >= 0.6 is 0 Å². The standard InChI is InChI=1S/C24H26N2O5/c1-5-30-21(27)18-8-6-17(7-9-18)14-26-22(28)24(4,25-23(26)29)19-10-12-20(13-11-19)31-15-16(2)3/h6-13H,2,5,14-15H2,1,3-4H3,(H,25,29). The molecule has 7 heteroatoms. The van der Waals surface area contributed by atoms with Gasteiger partial charge in [-0.15, -0.1) is 0 Å². The molecule has 1 fully saturated rings. The van der Waals surface area contributed by atoms with Crippen LogP contribution in [0.15, 0.2) is 60.7 Å². The Hall–Kier alpha value is -3.61. The van der Waals surface area contributed by atoms with Gasteiger partial charge in [0, 0.05) is 0 Å². The molecule has 1 saturated heterocycles. The van der Waals surface area contributed by atoms with Gasteiger partial charge < -0.3 is 14.8 Å². The number of carbonyl (C=O) groups is 3. The van der Waals surface area contributed by atoms with Crippen LogP contribution in [0, 0.1) is 0 Å². The summed E-state index contributed by atoms with van der Waals surface area (Å²) < 4.78 is 10.6. The first-order chi connectivity index (χ1) is 14.7. The van der Waals surface area contributed by atoms with E-state index in [2.05, 4.69) is 11.9 Å². The maximum Gasteiger partial charge on any atom is 0.338 e. The number of nitrogens with zero attached hydrogens (tertiary/aromatic N) is 1. The molecular weight excluding hydrogens is 396 g/mol. The number of hydrogen-bond acceptors (Lipinski definition) is 5. The van der Waals surface area contributed by atoms with E-state index >= 15 is 0 Å². The number of urea groups is 1. The summed E-state index contributed by atoms with van der Waals surface area (Å²) in [6, 6.07) is 13.2. The third kappa shape index (κ3) is 4.77. The van der Waals surface area contributed by atoms with E-state index in [4.69, 9.17) is 9.47 Å². The summed E-state index contributed by atoms with van der Waals surface area (Å²) in [7, 11) is 0. The van der Waals surface area contributed by atoms with Gasteiger partial charge >= 0.3 is 12.0 Å². The van der Waals surface area contributed by atoms with E-state index < -0.39 is 17.5 Å². The van der Waals surface area contributed by atoms with Gasteiger partial charge in [0.1, 0.15) is 17.9 Å². The first-order valence-corrected chi connectivity index (χ1v) is 10.0. The zero-order chi connectivity index (χ0) is 22.6. The molecule has 1 unspecified atom stereocenters. The lowest BCUT2D eigenvalue weighted by atomic mass is 9.92. The monoisotopic (exact) mass is 422 g/mol. The molecule has 0 aliphatic carbocycles. The second-order valence-electron chi connectivity index (χ2n) is 7.63. The Morgan fingerprint density at radius 1 is 1.10 bits per heavy atom. The van der Waals surface area contributed by atoms with Crippen molar-refractivity contribution in [1.82, 2.24) is 10.2 Å². The average molecular weight is 422 g/mol. The highest BCUT2D eigenvalue weighted by molar-refractivity contribution is 6.07. The maximum atomic E-state index is 13.1. The summed E-state index contributed by atoms with van der Waals surface area (Å²) in [5.41, 5.74) is 1.54. The van der Waals surface area contributed by atoms with Gasteiger partial charge in [-0.05, 0) is 61.7 Å². The summed E-state index contributed by atoms with van der Waals surface area (Å²) in [6.45, 7) is 9.90. The highest BCUT2D eigenvalue weighted by Crippen LogP contribution is 2.31. The average Bonchev–Trinajstić information content (AvgIpc) is 2.97. The highest BCUT2D eigenvalue weighted by atomic mass is 16.5. The molecule has 1 N–H and O–H groups in total. The van der Waals surface area contributed by atoms with Crippen molar-refractivity contribution < 1.29 is 23.9 Å². The van der Waals surface area contributed by atoms with Crippen LogP contribution in [0.2, 0.25) is 0 Å². The second-order valence-corrected chi connectivity index (χ2v) is 7.63. The van der Waals surface area contributed by atoms with Crippen molar-refractivity contribution in [1.29, 1.82) is 0 Å². The minimum atomic E-state index is -1.17. The molecule has 0 bridgehead atoms. The van der Waals surface area contributed by atoms with E-state index in [1.54, 1.807) is 62.4 Å². The third-order valence-corrected chi connectivity index (χ3v) is 5.00. The van der Waals surface area contributed by atoms with Crippen LogP contribution in [0.5, 0.6) is 5.75 Å². The van der Waals surface area contributed by atoms with Crippen LogP contribution in [-0.2, 0) is 21.6 Å². The lowest BCUT2D eigenvalue weighted by molar-refractivity contribution is -0.131. The van der Waals surface area contributed by atoms with E-state index in [1.165, 1.54) is 4.90 Å². The van der Waals surface area contributed by atoms with Gasteiger partial charge in [-0.2, -0.15) is 0 Å². The fourth-order valence-electron chi connectivity index (χ4n) is 3.27. The molecule has 2 aromatic carbocycles. The van der Waals surface area contributed by atoms with Crippen LogP contribution < -0.4 is 10.1 Å². The molecule has 0 spiro atoms. The minimum Gasteiger partial charge on any atom is -0.489 e. The number of ether oxygens (including phenoxy) is 2. The Labute approximate surface area is 181 Å². The molecule has 2 aromatic rings. The fraction of sp³-hybridized carbons (Fsp3) is 0.292. The van der Waals surface area contributed by atoms with E-state index in [0.29, 0.717) is 30.1 Å². The number of imide groups is 1. The van der Waals surface area contributed by atoms with Crippen molar-refractivity contribution >= 4 is 17.9 Å². The number of benzene rings is 2. The Balaban J connectivity index is 1.72. The molecule has 1 aliphatic heterocycles. The maximum absolute atomic E-state index is 13.1. The predicted octanol–water partition coefficient (Wildman–Crippen LogP) is 3.79. The third-order valence-electron chi connectivity index (χ3n) is 5.00. The van der Waals surface area contributed by atoms with E-state index in [-0.39, 0.29) is 12.5 Å². The molecule has 7 nitrogen and oxygen atoms in total. The topological polar surface area (TPSA) is 84.9 Å². The van der Waals surface area contributed by atoms with Gasteiger partial charge in [0.15, 0.2) is 0 Å². The number of carbonyl (C=O) groups excluding carboxylic acids is 3. The zero-order valence-corrected chi connectivity index (χ0v) is 17.9. The summed E-state index contributed by atoms with van der Waals surface area (Å²) in [6.07, 6.45) is 0. The summed E-state index contributed by atoms with van der Waals surface area (Å²) in [5, 5.41) is 2.79. The molecule has 0 saturated carbocycles. The molecule has 1 aliphatic rings. The van der Waals surface area contributed by atoms with Crippen molar-refractivity contribution in [3.63, 3.8) is 0 Å². The highest BCUT2D eigenvalue weighted by Gasteiger charge is 2.48. The summed E-state index contributed by atoms with van der Waals surface area (Å²) >= 11 is 0.